The number of nitrogens with one attached hydrogen (secondary N) is 2. The lowest BCUT2D eigenvalue weighted by molar-refractivity contribution is -0.127. The Labute approximate surface area is 80.0 Å². The van der Waals surface area contributed by atoms with Gasteiger partial charge in [0.15, 0.2) is 0 Å². The molecule has 0 aromatic carbocycles. The lowest BCUT2D eigenvalue weighted by atomic mass is 10.3. The average Bonchev–Trinajstić information content (AvgIpc) is 2.14. The molecule has 0 rings (SSSR count). The van der Waals surface area contributed by atoms with E-state index in [-0.39, 0.29) is 18.4 Å². The maximum Gasteiger partial charge on any atom is 0.242 e. The van der Waals surface area contributed by atoms with Crippen LogP contribution in [0.3, 0.4) is 0 Å². The van der Waals surface area contributed by atoms with Gasteiger partial charge in [0.1, 0.15) is 6.04 Å². The second-order valence-electron chi connectivity index (χ2n) is 2.45. The van der Waals surface area contributed by atoms with E-state index in [4.69, 9.17) is 5.73 Å². The standard InChI is InChI=1S/C7H16N3O2P/c1-2-9-7(12)5(4-13)10-6(11)3-8/h5H,2-4,8,13H2,1H3,(H,9,12)(H,10,11)/t5-/m0/s1. The Morgan fingerprint density at radius 1 is 1.54 bits per heavy atom. The van der Waals surface area contributed by atoms with Crippen LogP contribution in [0.4, 0.5) is 0 Å². The van der Waals surface area contributed by atoms with E-state index in [1.54, 1.807) is 0 Å². The van der Waals surface area contributed by atoms with Crippen molar-refractivity contribution in [3.05, 3.63) is 0 Å². The quantitative estimate of drug-likeness (QED) is 0.475. The first-order valence-corrected chi connectivity index (χ1v) is 4.94. The predicted octanol–water partition coefficient (Wildman–Crippen LogP) is -1.56. The summed E-state index contributed by atoms with van der Waals surface area (Å²) in [6, 6.07) is -0.499. The fraction of sp³-hybridized carbons (Fsp3) is 0.714. The highest BCUT2D eigenvalue weighted by atomic mass is 31.0. The molecule has 2 amide bonds. The number of nitrogens with two attached hydrogens (primary N) is 1. The first kappa shape index (κ1) is 12.3. The zero-order valence-corrected chi connectivity index (χ0v) is 8.82. The van der Waals surface area contributed by atoms with Crippen molar-refractivity contribution in [2.24, 2.45) is 5.73 Å². The molecule has 0 aliphatic rings. The van der Waals surface area contributed by atoms with Crippen molar-refractivity contribution in [3.8, 4) is 0 Å². The van der Waals surface area contributed by atoms with Crippen LogP contribution in [0.15, 0.2) is 0 Å². The molecular weight excluding hydrogens is 189 g/mol. The minimum Gasteiger partial charge on any atom is -0.355 e. The summed E-state index contributed by atoms with van der Waals surface area (Å²) < 4.78 is 0. The third kappa shape index (κ3) is 4.80. The smallest absolute Gasteiger partial charge is 0.242 e. The molecule has 1 unspecified atom stereocenters. The third-order valence-electron chi connectivity index (χ3n) is 1.42. The Morgan fingerprint density at radius 2 is 2.15 bits per heavy atom. The average molecular weight is 205 g/mol. The van der Waals surface area contributed by atoms with E-state index in [0.717, 1.165) is 0 Å². The van der Waals surface area contributed by atoms with Gasteiger partial charge in [0.05, 0.1) is 6.54 Å². The monoisotopic (exact) mass is 205 g/mol. The van der Waals surface area contributed by atoms with Gasteiger partial charge in [-0.25, -0.2) is 0 Å². The van der Waals surface area contributed by atoms with Crippen molar-refractivity contribution in [2.45, 2.75) is 13.0 Å². The van der Waals surface area contributed by atoms with Gasteiger partial charge >= 0.3 is 0 Å². The molecule has 0 aromatic heterocycles. The summed E-state index contributed by atoms with van der Waals surface area (Å²) in [6.07, 6.45) is 0.484. The lowest BCUT2D eigenvalue weighted by Gasteiger charge is -2.15. The zero-order chi connectivity index (χ0) is 10.3. The Hall–Kier alpha value is -0.670. The third-order valence-corrected chi connectivity index (χ3v) is 1.90. The van der Waals surface area contributed by atoms with Gasteiger partial charge in [-0.3, -0.25) is 9.59 Å². The summed E-state index contributed by atoms with van der Waals surface area (Å²) in [5, 5.41) is 5.12. The van der Waals surface area contributed by atoms with Crippen LogP contribution in [-0.2, 0) is 9.59 Å². The number of carbonyl (C=O) groups excluding carboxylic acids is 2. The number of rotatable bonds is 5. The highest BCUT2D eigenvalue weighted by molar-refractivity contribution is 7.16. The summed E-state index contributed by atoms with van der Waals surface area (Å²) >= 11 is 0. The molecule has 0 fully saturated rings. The van der Waals surface area contributed by atoms with Crippen molar-refractivity contribution in [3.63, 3.8) is 0 Å². The molecule has 0 aromatic rings. The molecule has 6 heteroatoms. The normalized spacial score (nSPS) is 11.9. The number of carbonyl (C=O) groups is 2. The number of hydrogen-bond donors (Lipinski definition) is 3. The summed E-state index contributed by atoms with van der Waals surface area (Å²) in [6.45, 7) is 2.28. The maximum atomic E-state index is 11.2. The summed E-state index contributed by atoms with van der Waals surface area (Å²) in [7, 11) is 2.41. The number of hydrogen-bond acceptors (Lipinski definition) is 3. The molecule has 0 spiro atoms. The largest absolute Gasteiger partial charge is 0.355 e. The molecule has 76 valence electrons. The van der Waals surface area contributed by atoms with Crippen LogP contribution in [0.25, 0.3) is 0 Å². The molecule has 13 heavy (non-hydrogen) atoms. The van der Waals surface area contributed by atoms with Crippen LogP contribution in [0.5, 0.6) is 0 Å². The van der Waals surface area contributed by atoms with Gasteiger partial charge in [-0.1, -0.05) is 0 Å². The molecule has 4 N–H and O–H groups in total. The molecular formula is C7H16N3O2P. The molecule has 0 aliphatic heterocycles. The molecule has 0 saturated carbocycles. The zero-order valence-electron chi connectivity index (χ0n) is 7.67. The van der Waals surface area contributed by atoms with Gasteiger partial charge in [-0.05, 0) is 13.1 Å². The minimum atomic E-state index is -0.499. The topological polar surface area (TPSA) is 84.2 Å². The highest BCUT2D eigenvalue weighted by Crippen LogP contribution is 1.91. The van der Waals surface area contributed by atoms with Crippen LogP contribution in [0.1, 0.15) is 6.92 Å². The number of amides is 2. The van der Waals surface area contributed by atoms with Crippen molar-refractivity contribution in [1.82, 2.24) is 10.6 Å². The van der Waals surface area contributed by atoms with E-state index in [0.29, 0.717) is 12.7 Å². The Bertz CT molecular complexity index is 187. The maximum absolute atomic E-state index is 11.2. The molecule has 5 nitrogen and oxygen atoms in total. The number of likely N-dealkylation sites (N-methyl/N-ethyl adjacent to an activating group) is 1. The fourth-order valence-corrected chi connectivity index (χ4v) is 1.11. The molecule has 0 bridgehead atoms. The van der Waals surface area contributed by atoms with E-state index in [9.17, 15) is 9.59 Å². The lowest BCUT2D eigenvalue weighted by Crippen LogP contribution is -2.49. The molecule has 0 aliphatic carbocycles. The second-order valence-corrected chi connectivity index (χ2v) is 2.93. The Kier molecular flexibility index (Phi) is 6.45. The van der Waals surface area contributed by atoms with Crippen molar-refractivity contribution in [1.29, 1.82) is 0 Å². The van der Waals surface area contributed by atoms with E-state index >= 15 is 0 Å². The minimum absolute atomic E-state index is 0.0967. The van der Waals surface area contributed by atoms with Gasteiger partial charge in [0.2, 0.25) is 11.8 Å². The van der Waals surface area contributed by atoms with Gasteiger partial charge in [0, 0.05) is 6.54 Å². The van der Waals surface area contributed by atoms with Gasteiger partial charge < -0.3 is 16.4 Å². The fourth-order valence-electron chi connectivity index (χ4n) is 0.782. The van der Waals surface area contributed by atoms with Crippen LogP contribution >= 0.6 is 9.24 Å². The van der Waals surface area contributed by atoms with Crippen LogP contribution in [0.2, 0.25) is 0 Å². The van der Waals surface area contributed by atoms with Crippen molar-refractivity contribution >= 4 is 21.1 Å². The van der Waals surface area contributed by atoms with E-state index < -0.39 is 6.04 Å². The van der Waals surface area contributed by atoms with E-state index in [2.05, 4.69) is 19.9 Å². The summed E-state index contributed by atoms with van der Waals surface area (Å²) in [5.74, 6) is -0.502. The van der Waals surface area contributed by atoms with Gasteiger partial charge in [-0.15, -0.1) is 9.24 Å². The van der Waals surface area contributed by atoms with Crippen molar-refractivity contribution < 1.29 is 9.59 Å². The van der Waals surface area contributed by atoms with Crippen LogP contribution in [0, 0.1) is 0 Å². The SMILES string of the molecule is CCNC(=O)[C@H](CP)NC(=O)CN. The molecule has 0 saturated heterocycles. The molecule has 0 heterocycles. The first-order chi connectivity index (χ1) is 6.15. The molecule has 0 radical (unpaired) electrons. The van der Waals surface area contributed by atoms with Crippen LogP contribution < -0.4 is 16.4 Å². The highest BCUT2D eigenvalue weighted by Gasteiger charge is 2.16. The van der Waals surface area contributed by atoms with E-state index in [1.165, 1.54) is 0 Å². The Morgan fingerprint density at radius 3 is 2.54 bits per heavy atom. The van der Waals surface area contributed by atoms with Crippen molar-refractivity contribution in [2.75, 3.05) is 19.3 Å². The summed E-state index contributed by atoms with van der Waals surface area (Å²) in [5.41, 5.74) is 5.10. The summed E-state index contributed by atoms with van der Waals surface area (Å²) in [4.78, 5) is 22.1. The predicted molar refractivity (Wildman–Crippen MR) is 54.2 cm³/mol. The van der Waals surface area contributed by atoms with Gasteiger partial charge in [0.25, 0.3) is 0 Å². The second kappa shape index (κ2) is 6.80. The van der Waals surface area contributed by atoms with Crippen LogP contribution in [-0.4, -0.2) is 37.1 Å². The first-order valence-electron chi connectivity index (χ1n) is 4.12. The van der Waals surface area contributed by atoms with E-state index in [1.807, 2.05) is 6.92 Å². The van der Waals surface area contributed by atoms with Gasteiger partial charge in [-0.2, -0.15) is 0 Å². The Balaban J connectivity index is 4.01. The molecule has 2 atom stereocenters.